The molecular weight excluding hydrogens is 368 g/mol. The molecule has 136 valence electrons. The Morgan fingerprint density at radius 2 is 2.12 bits per heavy atom. The number of carbonyl (C=O) groups excluding carboxylic acids is 1. The number of aryl methyl sites for hydroxylation is 1. The molecule has 0 radical (unpaired) electrons. The normalized spacial score (nSPS) is 15.5. The molecule has 4 rings (SSSR count). The zero-order chi connectivity index (χ0) is 17.9. The minimum absolute atomic E-state index is 0.155. The van der Waals surface area contributed by atoms with Gasteiger partial charge in [-0.15, -0.1) is 11.3 Å². The van der Waals surface area contributed by atoms with E-state index in [0.29, 0.717) is 6.42 Å². The third-order valence-corrected chi connectivity index (χ3v) is 6.06. The Hall–Kier alpha value is -2.03. The van der Waals surface area contributed by atoms with Gasteiger partial charge < -0.3 is 9.42 Å². The Bertz CT molecular complexity index is 864. The molecule has 3 aromatic heterocycles. The topological polar surface area (TPSA) is 62.5 Å². The van der Waals surface area contributed by atoms with Gasteiger partial charge in [-0.3, -0.25) is 9.69 Å². The minimum atomic E-state index is 0.155. The van der Waals surface area contributed by atoms with Crippen LogP contribution in [0.2, 0.25) is 0 Å². The van der Waals surface area contributed by atoms with Crippen molar-refractivity contribution in [3.05, 3.63) is 45.4 Å². The van der Waals surface area contributed by atoms with Crippen LogP contribution in [0.3, 0.4) is 0 Å². The molecule has 1 aliphatic rings. The number of amides is 1. The van der Waals surface area contributed by atoms with Crippen LogP contribution in [0.15, 0.2) is 32.8 Å². The largest absolute Gasteiger partial charge is 0.360 e. The van der Waals surface area contributed by atoms with Gasteiger partial charge in [0.05, 0.1) is 24.4 Å². The van der Waals surface area contributed by atoms with Crippen molar-refractivity contribution in [1.82, 2.24) is 19.9 Å². The number of hydrogen-bond donors (Lipinski definition) is 0. The molecule has 1 amide bonds. The van der Waals surface area contributed by atoms with E-state index in [4.69, 9.17) is 4.52 Å². The summed E-state index contributed by atoms with van der Waals surface area (Å²) in [6.07, 6.45) is 0.377. The molecule has 26 heavy (non-hydrogen) atoms. The maximum absolute atomic E-state index is 12.6. The summed E-state index contributed by atoms with van der Waals surface area (Å²) >= 11 is 3.26. The average molecular weight is 389 g/mol. The molecule has 0 bridgehead atoms. The lowest BCUT2D eigenvalue weighted by molar-refractivity contribution is -0.132. The molecular formula is C18H20N4O2S2. The fraction of sp³-hybridized carbons (Fsp3) is 0.389. The van der Waals surface area contributed by atoms with Gasteiger partial charge in [0.15, 0.2) is 5.76 Å². The van der Waals surface area contributed by atoms with Gasteiger partial charge in [0.25, 0.3) is 0 Å². The van der Waals surface area contributed by atoms with Crippen molar-refractivity contribution in [3.8, 4) is 10.6 Å². The molecule has 1 saturated heterocycles. The first-order chi connectivity index (χ1) is 12.7. The summed E-state index contributed by atoms with van der Waals surface area (Å²) in [5.74, 6) is 1.04. The van der Waals surface area contributed by atoms with E-state index in [2.05, 4.69) is 26.5 Å². The van der Waals surface area contributed by atoms with Gasteiger partial charge in [-0.25, -0.2) is 4.98 Å². The second kappa shape index (κ2) is 7.69. The first kappa shape index (κ1) is 17.4. The number of thiophene rings is 1. The SMILES string of the molecule is Cc1cc(CN2CCN(C(=O)Cc3csc(-c4ccsc4)n3)CC2)on1. The average Bonchev–Trinajstić information content (AvgIpc) is 3.37. The summed E-state index contributed by atoms with van der Waals surface area (Å²) in [5, 5.41) is 11.0. The maximum Gasteiger partial charge on any atom is 0.228 e. The highest BCUT2D eigenvalue weighted by molar-refractivity contribution is 7.14. The third-order valence-electron chi connectivity index (χ3n) is 4.43. The minimum Gasteiger partial charge on any atom is -0.360 e. The van der Waals surface area contributed by atoms with Crippen LogP contribution in [0.1, 0.15) is 17.1 Å². The number of aromatic nitrogens is 2. The summed E-state index contributed by atoms with van der Waals surface area (Å²) in [5.41, 5.74) is 2.90. The van der Waals surface area contributed by atoms with E-state index >= 15 is 0 Å². The molecule has 0 spiro atoms. The summed E-state index contributed by atoms with van der Waals surface area (Å²) in [4.78, 5) is 21.4. The van der Waals surface area contributed by atoms with Crippen molar-refractivity contribution in [1.29, 1.82) is 0 Å². The zero-order valence-electron chi connectivity index (χ0n) is 14.6. The van der Waals surface area contributed by atoms with Crippen molar-refractivity contribution in [2.24, 2.45) is 0 Å². The van der Waals surface area contributed by atoms with Crippen molar-refractivity contribution in [2.45, 2.75) is 19.9 Å². The van der Waals surface area contributed by atoms with E-state index in [9.17, 15) is 4.79 Å². The predicted octanol–water partition coefficient (Wildman–Crippen LogP) is 3.05. The predicted molar refractivity (Wildman–Crippen MR) is 102 cm³/mol. The lowest BCUT2D eigenvalue weighted by Gasteiger charge is -2.34. The van der Waals surface area contributed by atoms with Gasteiger partial charge >= 0.3 is 0 Å². The van der Waals surface area contributed by atoms with E-state index in [1.807, 2.05) is 28.7 Å². The van der Waals surface area contributed by atoms with Gasteiger partial charge in [0.2, 0.25) is 5.91 Å². The fourth-order valence-electron chi connectivity index (χ4n) is 3.04. The lowest BCUT2D eigenvalue weighted by Crippen LogP contribution is -2.48. The highest BCUT2D eigenvalue weighted by Crippen LogP contribution is 2.26. The van der Waals surface area contributed by atoms with Crippen LogP contribution in [0.4, 0.5) is 0 Å². The van der Waals surface area contributed by atoms with E-state index in [-0.39, 0.29) is 5.91 Å². The molecule has 1 fully saturated rings. The van der Waals surface area contributed by atoms with Gasteiger partial charge in [0.1, 0.15) is 5.01 Å². The second-order valence-corrected chi connectivity index (χ2v) is 8.06. The molecule has 6 nitrogen and oxygen atoms in total. The fourth-order valence-corrected chi connectivity index (χ4v) is 4.57. The molecule has 0 aromatic carbocycles. The van der Waals surface area contributed by atoms with Crippen LogP contribution < -0.4 is 0 Å². The Kier molecular flexibility index (Phi) is 5.14. The maximum atomic E-state index is 12.6. The Morgan fingerprint density at radius 1 is 1.27 bits per heavy atom. The van der Waals surface area contributed by atoms with Crippen LogP contribution in [-0.2, 0) is 17.8 Å². The summed E-state index contributed by atoms with van der Waals surface area (Å²) in [7, 11) is 0. The first-order valence-electron chi connectivity index (χ1n) is 8.56. The lowest BCUT2D eigenvalue weighted by atomic mass is 10.2. The van der Waals surface area contributed by atoms with Crippen molar-refractivity contribution in [3.63, 3.8) is 0 Å². The van der Waals surface area contributed by atoms with Crippen LogP contribution >= 0.6 is 22.7 Å². The number of piperazine rings is 1. The first-order valence-corrected chi connectivity index (χ1v) is 10.4. The monoisotopic (exact) mass is 388 g/mol. The van der Waals surface area contributed by atoms with E-state index in [1.54, 1.807) is 22.7 Å². The third kappa shape index (κ3) is 4.03. The van der Waals surface area contributed by atoms with Gasteiger partial charge in [-0.1, -0.05) is 5.16 Å². The number of hydrogen-bond acceptors (Lipinski definition) is 7. The summed E-state index contributed by atoms with van der Waals surface area (Å²) < 4.78 is 5.27. The van der Waals surface area contributed by atoms with E-state index in [0.717, 1.165) is 60.4 Å². The molecule has 0 atom stereocenters. The quantitative estimate of drug-likeness (QED) is 0.672. The van der Waals surface area contributed by atoms with Gasteiger partial charge in [-0.2, -0.15) is 11.3 Å². The molecule has 0 unspecified atom stereocenters. The second-order valence-electron chi connectivity index (χ2n) is 6.42. The number of thiazole rings is 1. The van der Waals surface area contributed by atoms with Crippen molar-refractivity contribution in [2.75, 3.05) is 26.2 Å². The Labute approximate surface area is 160 Å². The molecule has 3 aromatic rings. The number of carbonyl (C=O) groups is 1. The van der Waals surface area contributed by atoms with E-state index < -0.39 is 0 Å². The van der Waals surface area contributed by atoms with Gasteiger partial charge in [0, 0.05) is 48.6 Å². The smallest absolute Gasteiger partial charge is 0.228 e. The molecule has 0 N–H and O–H groups in total. The molecule has 4 heterocycles. The molecule has 1 aliphatic heterocycles. The van der Waals surface area contributed by atoms with Crippen molar-refractivity contribution < 1.29 is 9.32 Å². The number of rotatable bonds is 5. The molecule has 8 heteroatoms. The van der Waals surface area contributed by atoms with Crippen LogP contribution in [0.25, 0.3) is 10.6 Å². The van der Waals surface area contributed by atoms with Gasteiger partial charge in [-0.05, 0) is 18.4 Å². The standard InChI is InChI=1S/C18H20N4O2S2/c1-13-8-16(24-20-13)10-21-3-5-22(6-4-21)17(23)9-15-12-26-18(19-15)14-2-7-25-11-14/h2,7-8,11-12H,3-6,9-10H2,1H3. The Balaban J connectivity index is 1.28. The molecule has 0 aliphatic carbocycles. The van der Waals surface area contributed by atoms with E-state index in [1.165, 1.54) is 0 Å². The molecule has 0 saturated carbocycles. The Morgan fingerprint density at radius 3 is 2.81 bits per heavy atom. The zero-order valence-corrected chi connectivity index (χ0v) is 16.2. The highest BCUT2D eigenvalue weighted by atomic mass is 32.1. The summed E-state index contributed by atoms with van der Waals surface area (Å²) in [6, 6.07) is 4.02. The van der Waals surface area contributed by atoms with Crippen LogP contribution in [0, 0.1) is 6.92 Å². The number of nitrogens with zero attached hydrogens (tertiary/aromatic N) is 4. The van der Waals surface area contributed by atoms with Crippen LogP contribution in [0.5, 0.6) is 0 Å². The highest BCUT2D eigenvalue weighted by Gasteiger charge is 2.22. The summed E-state index contributed by atoms with van der Waals surface area (Å²) in [6.45, 7) is 5.86. The van der Waals surface area contributed by atoms with Crippen molar-refractivity contribution >= 4 is 28.6 Å². The van der Waals surface area contributed by atoms with Crippen LogP contribution in [-0.4, -0.2) is 52.0 Å².